The van der Waals surface area contributed by atoms with Crippen LogP contribution >= 0.6 is 0 Å². The van der Waals surface area contributed by atoms with E-state index in [0.29, 0.717) is 17.1 Å². The number of rotatable bonds is 2. The molecule has 26 heavy (non-hydrogen) atoms. The number of anilines is 1. The van der Waals surface area contributed by atoms with Gasteiger partial charge in [-0.3, -0.25) is 18.5 Å². The molecule has 0 aliphatic carbocycles. The lowest BCUT2D eigenvalue weighted by molar-refractivity contribution is 0.645. The topological polar surface area (TPSA) is 86.2 Å². The summed E-state index contributed by atoms with van der Waals surface area (Å²) in [6.07, 6.45) is 0. The zero-order valence-corrected chi connectivity index (χ0v) is 15.1. The number of aryl methyl sites for hydroxylation is 2. The first kappa shape index (κ1) is 16.3. The van der Waals surface area contributed by atoms with E-state index in [0.717, 1.165) is 16.8 Å². The molecule has 0 saturated carbocycles. The fraction of sp³-hybridized carbons (Fsp3) is 0.333. The first-order valence-corrected chi connectivity index (χ1v) is 8.46. The smallest absolute Gasteiger partial charge is 0.294 e. The van der Waals surface area contributed by atoms with Gasteiger partial charge in [0, 0.05) is 7.05 Å². The maximum absolute atomic E-state index is 13.2. The van der Waals surface area contributed by atoms with E-state index < -0.39 is 0 Å². The van der Waals surface area contributed by atoms with E-state index in [9.17, 15) is 9.59 Å². The molecule has 1 N–H and O–H groups in total. The highest BCUT2D eigenvalue weighted by atomic mass is 16.2. The number of aromatic nitrogens is 4. The highest BCUT2D eigenvalue weighted by molar-refractivity contribution is 5.90. The van der Waals surface area contributed by atoms with Gasteiger partial charge < -0.3 is 0 Å². The fourth-order valence-electron chi connectivity index (χ4n) is 3.35. The van der Waals surface area contributed by atoms with Gasteiger partial charge in [0.15, 0.2) is 11.2 Å². The second-order valence-electron chi connectivity index (χ2n) is 6.74. The van der Waals surface area contributed by atoms with Crippen LogP contribution in [0.5, 0.6) is 0 Å². The quantitative estimate of drug-likeness (QED) is 0.759. The average Bonchev–Trinajstić information content (AvgIpc) is 3.01. The van der Waals surface area contributed by atoms with Gasteiger partial charge in [-0.1, -0.05) is 29.8 Å². The van der Waals surface area contributed by atoms with Crippen molar-refractivity contribution in [2.75, 3.05) is 5.43 Å². The van der Waals surface area contributed by atoms with Crippen molar-refractivity contribution in [3.63, 3.8) is 0 Å². The minimum Gasteiger partial charge on any atom is -0.294 e. The Labute approximate surface area is 149 Å². The van der Waals surface area contributed by atoms with Crippen LogP contribution in [0.2, 0.25) is 0 Å². The molecule has 0 bridgehead atoms. The number of hydrogen-bond donors (Lipinski definition) is 1. The zero-order chi connectivity index (χ0) is 18.6. The van der Waals surface area contributed by atoms with Crippen LogP contribution < -0.4 is 16.7 Å². The molecule has 0 amide bonds. The van der Waals surface area contributed by atoms with E-state index in [2.05, 4.69) is 15.5 Å². The van der Waals surface area contributed by atoms with Gasteiger partial charge >= 0.3 is 5.69 Å². The van der Waals surface area contributed by atoms with Gasteiger partial charge in [-0.2, -0.15) is 10.1 Å². The maximum Gasteiger partial charge on any atom is 0.332 e. The van der Waals surface area contributed by atoms with E-state index in [4.69, 9.17) is 0 Å². The van der Waals surface area contributed by atoms with Crippen LogP contribution in [-0.2, 0) is 13.6 Å². The minimum atomic E-state index is -0.384. The van der Waals surface area contributed by atoms with Crippen LogP contribution in [0.4, 0.5) is 5.95 Å². The molecule has 1 atom stereocenters. The predicted molar refractivity (Wildman–Crippen MR) is 101 cm³/mol. The van der Waals surface area contributed by atoms with Crippen LogP contribution in [0, 0.1) is 6.92 Å². The standard InChI is InChI=1S/C18H20N6O2/c1-10-6-5-7-13(8-10)9-23-16(25)14-15(22(4)18(23)26)19-17-21-20-11(2)12(3)24(14)17/h5-8,12H,9H2,1-4H3,(H,19,21). The van der Waals surface area contributed by atoms with E-state index in [1.165, 1.54) is 9.13 Å². The molecule has 0 saturated heterocycles. The number of imidazole rings is 1. The molecule has 4 rings (SSSR count). The zero-order valence-electron chi connectivity index (χ0n) is 15.1. The third-order valence-corrected chi connectivity index (χ3v) is 4.92. The summed E-state index contributed by atoms with van der Waals surface area (Å²) in [5.41, 5.74) is 5.74. The number of hydrogen-bond acceptors (Lipinski definition) is 5. The first-order valence-electron chi connectivity index (χ1n) is 8.46. The lowest BCUT2D eigenvalue weighted by Crippen LogP contribution is -2.40. The Morgan fingerprint density at radius 2 is 2.00 bits per heavy atom. The molecule has 134 valence electrons. The number of fused-ring (bicyclic) bond motifs is 3. The molecule has 1 aliphatic rings. The maximum atomic E-state index is 13.2. The van der Waals surface area contributed by atoms with E-state index in [1.807, 2.05) is 49.6 Å². The summed E-state index contributed by atoms with van der Waals surface area (Å²) >= 11 is 0. The normalized spacial score (nSPS) is 16.3. The van der Waals surface area contributed by atoms with Crippen molar-refractivity contribution >= 4 is 22.8 Å². The molecule has 8 nitrogen and oxygen atoms in total. The Kier molecular flexibility index (Phi) is 3.57. The Morgan fingerprint density at radius 1 is 1.23 bits per heavy atom. The predicted octanol–water partition coefficient (Wildman–Crippen LogP) is 1.62. The van der Waals surface area contributed by atoms with Gasteiger partial charge in [0.05, 0.1) is 18.3 Å². The lowest BCUT2D eigenvalue weighted by atomic mass is 10.1. The highest BCUT2D eigenvalue weighted by Gasteiger charge is 2.26. The third-order valence-electron chi connectivity index (χ3n) is 4.92. The van der Waals surface area contributed by atoms with Gasteiger partial charge in [-0.05, 0) is 26.3 Å². The second-order valence-corrected chi connectivity index (χ2v) is 6.74. The third kappa shape index (κ3) is 2.29. The Morgan fingerprint density at radius 3 is 2.73 bits per heavy atom. The van der Waals surface area contributed by atoms with Crippen LogP contribution in [0.3, 0.4) is 0 Å². The Bertz CT molecular complexity index is 1180. The molecule has 1 aliphatic heterocycles. The molecule has 0 fully saturated rings. The van der Waals surface area contributed by atoms with Crippen molar-refractivity contribution in [2.45, 2.75) is 33.4 Å². The van der Waals surface area contributed by atoms with Crippen LogP contribution in [-0.4, -0.2) is 24.4 Å². The van der Waals surface area contributed by atoms with Crippen molar-refractivity contribution < 1.29 is 0 Å². The second kappa shape index (κ2) is 5.69. The molecule has 1 aromatic carbocycles. The first-order chi connectivity index (χ1) is 12.4. The summed E-state index contributed by atoms with van der Waals surface area (Å²) in [6.45, 7) is 6.05. The van der Waals surface area contributed by atoms with E-state index >= 15 is 0 Å². The van der Waals surface area contributed by atoms with Gasteiger partial charge in [-0.25, -0.2) is 10.2 Å². The summed E-state index contributed by atoms with van der Waals surface area (Å²) in [5.74, 6) is 0.471. The molecule has 0 radical (unpaired) electrons. The van der Waals surface area contributed by atoms with Crippen molar-refractivity contribution in [3.05, 3.63) is 56.2 Å². The van der Waals surface area contributed by atoms with Crippen molar-refractivity contribution in [2.24, 2.45) is 12.1 Å². The lowest BCUT2D eigenvalue weighted by Gasteiger charge is -2.21. The molecule has 2 aromatic heterocycles. The van der Waals surface area contributed by atoms with E-state index in [1.54, 1.807) is 7.05 Å². The Hall–Kier alpha value is -3.16. The Balaban J connectivity index is 1.99. The number of benzene rings is 1. The summed E-state index contributed by atoms with van der Waals surface area (Å²) in [4.78, 5) is 30.4. The van der Waals surface area contributed by atoms with Crippen molar-refractivity contribution in [1.29, 1.82) is 0 Å². The van der Waals surface area contributed by atoms with Crippen LogP contribution in [0.1, 0.15) is 31.0 Å². The van der Waals surface area contributed by atoms with E-state index in [-0.39, 0.29) is 23.8 Å². The molecule has 0 spiro atoms. The van der Waals surface area contributed by atoms with Crippen LogP contribution in [0.15, 0.2) is 39.0 Å². The number of nitrogens with zero attached hydrogens (tertiary/aromatic N) is 5. The molecule has 3 aromatic rings. The van der Waals surface area contributed by atoms with Crippen molar-refractivity contribution in [3.8, 4) is 0 Å². The van der Waals surface area contributed by atoms with Crippen LogP contribution in [0.25, 0.3) is 11.2 Å². The summed E-state index contributed by atoms with van der Waals surface area (Å²) in [5, 5.41) is 4.22. The summed E-state index contributed by atoms with van der Waals surface area (Å²) in [6, 6.07) is 7.68. The van der Waals surface area contributed by atoms with Gasteiger partial charge in [0.2, 0.25) is 5.95 Å². The monoisotopic (exact) mass is 352 g/mol. The number of hydrazone groups is 1. The molecule has 1 unspecified atom stereocenters. The molecule has 3 heterocycles. The molecular formula is C18H20N6O2. The molecule has 8 heteroatoms. The van der Waals surface area contributed by atoms with Gasteiger partial charge in [0.1, 0.15) is 0 Å². The average molecular weight is 352 g/mol. The van der Waals surface area contributed by atoms with Gasteiger partial charge in [0.25, 0.3) is 5.56 Å². The van der Waals surface area contributed by atoms with Gasteiger partial charge in [-0.15, -0.1) is 0 Å². The minimum absolute atomic E-state index is 0.117. The largest absolute Gasteiger partial charge is 0.332 e. The van der Waals surface area contributed by atoms with Crippen molar-refractivity contribution in [1.82, 2.24) is 18.7 Å². The fourth-order valence-corrected chi connectivity index (χ4v) is 3.35. The highest BCUT2D eigenvalue weighted by Crippen LogP contribution is 2.25. The number of nitrogens with one attached hydrogen (secondary N) is 1. The molecular weight excluding hydrogens is 332 g/mol. The summed E-state index contributed by atoms with van der Waals surface area (Å²) < 4.78 is 4.49. The summed E-state index contributed by atoms with van der Waals surface area (Å²) in [7, 11) is 1.63. The SMILES string of the molecule is CC1=NNc2nc3c(c(=O)n(Cc4cccc(C)c4)c(=O)n3C)n2C1C.